The van der Waals surface area contributed by atoms with E-state index in [2.05, 4.69) is 20.5 Å². The van der Waals surface area contributed by atoms with Crippen LogP contribution in [0.5, 0.6) is 5.75 Å². The Morgan fingerprint density at radius 1 is 1.07 bits per heavy atom. The molecule has 0 fully saturated rings. The minimum atomic E-state index is -3.44. The van der Waals surface area contributed by atoms with Gasteiger partial charge in [-0.15, -0.1) is 0 Å². The quantitative estimate of drug-likeness (QED) is 0.531. The number of H-pyrrole nitrogens is 1. The third-order valence-corrected chi connectivity index (χ3v) is 6.02. The Hall–Kier alpha value is -3.24. The molecule has 9 nitrogen and oxygen atoms in total. The van der Waals surface area contributed by atoms with Crippen LogP contribution in [0.25, 0.3) is 11.4 Å². The number of rotatable bonds is 9. The van der Waals surface area contributed by atoms with Crippen LogP contribution in [0.15, 0.2) is 53.4 Å². The third-order valence-electron chi connectivity index (χ3n) is 4.33. The fourth-order valence-corrected chi connectivity index (χ4v) is 3.81. The number of nitrogens with zero attached hydrogens (tertiary/aromatic N) is 2. The number of hydrogen-bond donors (Lipinski definition) is 2. The summed E-state index contributed by atoms with van der Waals surface area (Å²) in [6.07, 6.45) is 0. The van der Waals surface area contributed by atoms with Gasteiger partial charge in [0, 0.05) is 18.2 Å². The first-order chi connectivity index (χ1) is 14.4. The summed E-state index contributed by atoms with van der Waals surface area (Å²) in [5.74, 6) is 1.27. The van der Waals surface area contributed by atoms with Crippen molar-refractivity contribution in [2.24, 2.45) is 0 Å². The van der Waals surface area contributed by atoms with Gasteiger partial charge in [-0.3, -0.25) is 9.89 Å². The van der Waals surface area contributed by atoms with Crippen molar-refractivity contribution >= 4 is 15.7 Å². The fraction of sp³-hybridized carbons (Fsp3) is 0.250. The molecule has 1 amide bonds. The minimum Gasteiger partial charge on any atom is -0.497 e. The van der Waals surface area contributed by atoms with Crippen LogP contribution >= 0.6 is 0 Å². The second-order valence-corrected chi connectivity index (χ2v) is 8.46. The highest BCUT2D eigenvalue weighted by atomic mass is 32.2. The standard InChI is InChI=1S/C20H22N4O5S/c1-28-11-12-30(26,27)17-9-5-15(6-10-17)20(25)21-13-18-22-19(24-23-18)14-3-7-16(29-2)8-4-14/h3-10H,11-13H2,1-2H3,(H,21,25)(H,22,23,24). The molecule has 10 heteroatoms. The van der Waals surface area contributed by atoms with E-state index in [4.69, 9.17) is 9.47 Å². The summed E-state index contributed by atoms with van der Waals surface area (Å²) in [6, 6.07) is 13.1. The maximum Gasteiger partial charge on any atom is 0.251 e. The van der Waals surface area contributed by atoms with Gasteiger partial charge in [-0.05, 0) is 48.5 Å². The molecule has 0 aliphatic rings. The van der Waals surface area contributed by atoms with Gasteiger partial charge in [0.25, 0.3) is 5.91 Å². The molecule has 0 aliphatic carbocycles. The fourth-order valence-electron chi connectivity index (χ4n) is 2.63. The summed E-state index contributed by atoms with van der Waals surface area (Å²) in [5, 5.41) is 9.67. The minimum absolute atomic E-state index is 0.111. The highest BCUT2D eigenvalue weighted by Crippen LogP contribution is 2.19. The van der Waals surface area contributed by atoms with Gasteiger partial charge in [0.05, 0.1) is 30.9 Å². The molecule has 158 valence electrons. The molecular weight excluding hydrogens is 408 g/mol. The number of hydrogen-bond acceptors (Lipinski definition) is 7. The molecule has 0 radical (unpaired) electrons. The van der Waals surface area contributed by atoms with Crippen molar-refractivity contribution in [3.63, 3.8) is 0 Å². The molecule has 3 rings (SSSR count). The molecule has 0 atom stereocenters. The summed E-state index contributed by atoms with van der Waals surface area (Å²) < 4.78 is 34.2. The van der Waals surface area contributed by atoms with E-state index in [0.29, 0.717) is 17.2 Å². The molecule has 2 aromatic carbocycles. The van der Waals surface area contributed by atoms with E-state index in [1.807, 2.05) is 24.3 Å². The number of methoxy groups -OCH3 is 2. The lowest BCUT2D eigenvalue weighted by Crippen LogP contribution is -2.23. The van der Waals surface area contributed by atoms with Crippen LogP contribution in [-0.4, -0.2) is 56.1 Å². The van der Waals surface area contributed by atoms with E-state index in [1.54, 1.807) is 7.11 Å². The first-order valence-corrected chi connectivity index (χ1v) is 10.7. The Morgan fingerprint density at radius 2 is 1.77 bits per heavy atom. The number of aromatic amines is 1. The number of sulfone groups is 1. The maximum atomic E-state index is 12.3. The van der Waals surface area contributed by atoms with Crippen LogP contribution < -0.4 is 10.1 Å². The average Bonchev–Trinajstić information content (AvgIpc) is 3.25. The van der Waals surface area contributed by atoms with Crippen molar-refractivity contribution in [2.75, 3.05) is 26.6 Å². The van der Waals surface area contributed by atoms with Crippen LogP contribution in [0, 0.1) is 0 Å². The Bertz CT molecular complexity index is 1090. The second kappa shape index (κ2) is 9.51. The summed E-state index contributed by atoms with van der Waals surface area (Å²) in [4.78, 5) is 16.9. The van der Waals surface area contributed by atoms with Gasteiger partial charge in [0.15, 0.2) is 15.7 Å². The molecule has 1 aromatic heterocycles. The van der Waals surface area contributed by atoms with E-state index in [-0.39, 0.29) is 29.7 Å². The number of carbonyl (C=O) groups is 1. The number of nitrogens with one attached hydrogen (secondary N) is 2. The number of benzene rings is 2. The largest absolute Gasteiger partial charge is 0.497 e. The summed E-state index contributed by atoms with van der Waals surface area (Å²) in [6.45, 7) is 0.260. The van der Waals surface area contributed by atoms with Crippen LogP contribution in [0.1, 0.15) is 16.2 Å². The first-order valence-electron chi connectivity index (χ1n) is 9.08. The molecule has 0 bridgehead atoms. The van der Waals surface area contributed by atoms with Crippen molar-refractivity contribution in [1.29, 1.82) is 0 Å². The van der Waals surface area contributed by atoms with E-state index >= 15 is 0 Å². The van der Waals surface area contributed by atoms with Crippen molar-refractivity contribution in [2.45, 2.75) is 11.4 Å². The number of aromatic nitrogens is 3. The topological polar surface area (TPSA) is 123 Å². The molecule has 0 saturated carbocycles. The Morgan fingerprint density at radius 3 is 2.40 bits per heavy atom. The molecule has 0 aliphatic heterocycles. The third kappa shape index (κ3) is 5.22. The smallest absolute Gasteiger partial charge is 0.251 e. The van der Waals surface area contributed by atoms with Gasteiger partial charge in [-0.25, -0.2) is 13.4 Å². The Balaban J connectivity index is 1.60. The van der Waals surface area contributed by atoms with E-state index in [1.165, 1.54) is 31.4 Å². The zero-order valence-corrected chi connectivity index (χ0v) is 17.4. The number of amides is 1. The molecule has 30 heavy (non-hydrogen) atoms. The monoisotopic (exact) mass is 430 g/mol. The van der Waals surface area contributed by atoms with Crippen LogP contribution in [0.2, 0.25) is 0 Å². The van der Waals surface area contributed by atoms with Gasteiger partial charge in [-0.1, -0.05) is 0 Å². The Labute approximate surface area is 174 Å². The average molecular weight is 430 g/mol. The van der Waals surface area contributed by atoms with E-state index < -0.39 is 9.84 Å². The van der Waals surface area contributed by atoms with Gasteiger partial charge >= 0.3 is 0 Å². The van der Waals surface area contributed by atoms with Crippen molar-refractivity contribution in [1.82, 2.24) is 20.5 Å². The van der Waals surface area contributed by atoms with Gasteiger partial charge in [-0.2, -0.15) is 5.10 Å². The number of ether oxygens (including phenoxy) is 2. The molecule has 0 saturated heterocycles. The van der Waals surface area contributed by atoms with Crippen molar-refractivity contribution in [3.05, 3.63) is 59.9 Å². The van der Waals surface area contributed by atoms with Crippen LogP contribution in [0.3, 0.4) is 0 Å². The number of carbonyl (C=O) groups excluding carboxylic acids is 1. The lowest BCUT2D eigenvalue weighted by Gasteiger charge is -2.06. The van der Waals surface area contributed by atoms with Crippen molar-refractivity contribution in [3.8, 4) is 17.1 Å². The molecular formula is C20H22N4O5S. The highest BCUT2D eigenvalue weighted by Gasteiger charge is 2.15. The predicted molar refractivity (Wildman–Crippen MR) is 110 cm³/mol. The normalized spacial score (nSPS) is 11.3. The van der Waals surface area contributed by atoms with E-state index in [0.717, 1.165) is 11.3 Å². The zero-order valence-electron chi connectivity index (χ0n) is 16.6. The Kier molecular flexibility index (Phi) is 6.80. The SMILES string of the molecule is COCCS(=O)(=O)c1ccc(C(=O)NCc2nc(-c3ccc(OC)cc3)n[nH]2)cc1. The predicted octanol–water partition coefficient (Wildman–Crippen LogP) is 1.83. The van der Waals surface area contributed by atoms with Gasteiger partial charge in [0.2, 0.25) is 0 Å². The van der Waals surface area contributed by atoms with E-state index in [9.17, 15) is 13.2 Å². The molecule has 0 spiro atoms. The molecule has 3 aromatic rings. The zero-order chi connectivity index (χ0) is 21.6. The van der Waals surface area contributed by atoms with Crippen LogP contribution in [0.4, 0.5) is 0 Å². The second-order valence-electron chi connectivity index (χ2n) is 6.35. The van der Waals surface area contributed by atoms with Gasteiger partial charge < -0.3 is 14.8 Å². The highest BCUT2D eigenvalue weighted by molar-refractivity contribution is 7.91. The molecule has 2 N–H and O–H groups in total. The first kappa shape index (κ1) is 21.5. The molecule has 0 unspecified atom stereocenters. The summed E-state index contributed by atoms with van der Waals surface area (Å²) in [5.41, 5.74) is 1.16. The van der Waals surface area contributed by atoms with Crippen molar-refractivity contribution < 1.29 is 22.7 Å². The maximum absolute atomic E-state index is 12.3. The van der Waals surface area contributed by atoms with Gasteiger partial charge in [0.1, 0.15) is 11.6 Å². The van der Waals surface area contributed by atoms with Crippen LogP contribution in [-0.2, 0) is 21.1 Å². The molecule has 1 heterocycles. The summed E-state index contributed by atoms with van der Waals surface area (Å²) in [7, 11) is -0.400. The summed E-state index contributed by atoms with van der Waals surface area (Å²) >= 11 is 0. The lowest BCUT2D eigenvalue weighted by molar-refractivity contribution is 0.0950. The lowest BCUT2D eigenvalue weighted by atomic mass is 10.2.